The zero-order valence-electron chi connectivity index (χ0n) is 16.9. The second-order valence-corrected chi connectivity index (χ2v) is 7.72. The Labute approximate surface area is 177 Å². The number of anilines is 1. The minimum Gasteiger partial charge on any atom is -0.481 e. The van der Waals surface area contributed by atoms with Crippen molar-refractivity contribution >= 4 is 29.1 Å². The van der Waals surface area contributed by atoms with E-state index in [-0.39, 0.29) is 11.8 Å². The van der Waals surface area contributed by atoms with Crippen LogP contribution in [0.2, 0.25) is 5.02 Å². The Bertz CT molecular complexity index is 878. The van der Waals surface area contributed by atoms with Crippen molar-refractivity contribution in [3.63, 3.8) is 0 Å². The molecule has 0 aliphatic carbocycles. The van der Waals surface area contributed by atoms with Gasteiger partial charge in [0.15, 0.2) is 6.10 Å². The van der Waals surface area contributed by atoms with Gasteiger partial charge in [0, 0.05) is 18.1 Å². The lowest BCUT2D eigenvalue weighted by Crippen LogP contribution is -2.37. The van der Waals surface area contributed by atoms with Crippen molar-refractivity contribution in [3.05, 3.63) is 58.6 Å². The van der Waals surface area contributed by atoms with Gasteiger partial charge in [-0.15, -0.1) is 0 Å². The smallest absolute Gasteiger partial charge is 0.265 e. The van der Waals surface area contributed by atoms with Gasteiger partial charge >= 0.3 is 0 Å². The molecule has 5 nitrogen and oxygen atoms in total. The SMILES string of the molecule is CC[C@@H](Oc1ccc(Cl)c(C)c1)C(=O)Nc1ccccc1C(=O)N1CCCCC1. The second-order valence-electron chi connectivity index (χ2n) is 7.31. The number of carbonyl (C=O) groups excluding carboxylic acids is 2. The van der Waals surface area contributed by atoms with E-state index in [4.69, 9.17) is 16.3 Å². The summed E-state index contributed by atoms with van der Waals surface area (Å²) in [6.45, 7) is 5.30. The molecular weight excluding hydrogens is 388 g/mol. The van der Waals surface area contributed by atoms with E-state index >= 15 is 0 Å². The highest BCUT2D eigenvalue weighted by molar-refractivity contribution is 6.31. The summed E-state index contributed by atoms with van der Waals surface area (Å²) in [7, 11) is 0. The Hall–Kier alpha value is -2.53. The fourth-order valence-electron chi connectivity index (χ4n) is 3.44. The number of hydrogen-bond acceptors (Lipinski definition) is 3. The minimum absolute atomic E-state index is 0.0390. The summed E-state index contributed by atoms with van der Waals surface area (Å²) in [6.07, 6.45) is 3.02. The molecule has 6 heteroatoms. The maximum atomic E-state index is 12.9. The van der Waals surface area contributed by atoms with Gasteiger partial charge in [-0.1, -0.05) is 30.7 Å². The molecule has 154 valence electrons. The summed E-state index contributed by atoms with van der Waals surface area (Å²) in [4.78, 5) is 27.7. The Balaban J connectivity index is 1.73. The van der Waals surface area contributed by atoms with Crippen LogP contribution in [-0.4, -0.2) is 35.9 Å². The lowest BCUT2D eigenvalue weighted by molar-refractivity contribution is -0.122. The minimum atomic E-state index is -0.672. The van der Waals surface area contributed by atoms with E-state index in [1.165, 1.54) is 0 Å². The molecule has 0 bridgehead atoms. The van der Waals surface area contributed by atoms with Crippen molar-refractivity contribution in [2.45, 2.75) is 45.6 Å². The highest BCUT2D eigenvalue weighted by Gasteiger charge is 2.24. The van der Waals surface area contributed by atoms with E-state index in [2.05, 4.69) is 5.32 Å². The summed E-state index contributed by atoms with van der Waals surface area (Å²) in [5, 5.41) is 3.54. The van der Waals surface area contributed by atoms with Crippen molar-refractivity contribution in [2.75, 3.05) is 18.4 Å². The fraction of sp³-hybridized carbons (Fsp3) is 0.391. The molecule has 1 saturated heterocycles. The first-order valence-corrected chi connectivity index (χ1v) is 10.5. The molecular formula is C23H27ClN2O3. The summed E-state index contributed by atoms with van der Waals surface area (Å²) < 4.78 is 5.88. The number of para-hydroxylation sites is 1. The molecule has 0 radical (unpaired) electrons. The third kappa shape index (κ3) is 5.30. The average molecular weight is 415 g/mol. The summed E-state index contributed by atoms with van der Waals surface area (Å²) in [6, 6.07) is 12.5. The number of ether oxygens (including phenoxy) is 1. The highest BCUT2D eigenvalue weighted by atomic mass is 35.5. The molecule has 2 aromatic carbocycles. The molecule has 1 atom stereocenters. The molecule has 0 spiro atoms. The topological polar surface area (TPSA) is 58.6 Å². The van der Waals surface area contributed by atoms with Crippen molar-refractivity contribution < 1.29 is 14.3 Å². The molecule has 0 saturated carbocycles. The first-order chi connectivity index (χ1) is 14.0. The number of rotatable bonds is 6. The van der Waals surface area contributed by atoms with Gasteiger partial charge in [-0.3, -0.25) is 9.59 Å². The van der Waals surface area contributed by atoms with Crippen LogP contribution in [0.5, 0.6) is 5.75 Å². The van der Waals surface area contributed by atoms with Gasteiger partial charge in [0.2, 0.25) is 0 Å². The van der Waals surface area contributed by atoms with Gasteiger partial charge in [-0.05, 0) is 68.5 Å². The Morgan fingerprint density at radius 3 is 2.55 bits per heavy atom. The molecule has 1 aliphatic rings. The average Bonchev–Trinajstić information content (AvgIpc) is 2.75. The van der Waals surface area contributed by atoms with Gasteiger partial charge in [0.1, 0.15) is 5.75 Å². The number of amides is 2. The predicted octanol–water partition coefficient (Wildman–Crippen LogP) is 5.07. The van der Waals surface area contributed by atoms with Crippen LogP contribution in [0.25, 0.3) is 0 Å². The summed E-state index contributed by atoms with van der Waals surface area (Å²) in [5.41, 5.74) is 1.92. The third-order valence-corrected chi connectivity index (χ3v) is 5.55. The maximum absolute atomic E-state index is 12.9. The van der Waals surface area contributed by atoms with Crippen LogP contribution in [0, 0.1) is 6.92 Å². The van der Waals surface area contributed by atoms with Crippen LogP contribution in [0.3, 0.4) is 0 Å². The van der Waals surface area contributed by atoms with Crippen molar-refractivity contribution in [1.29, 1.82) is 0 Å². The van der Waals surface area contributed by atoms with Crippen LogP contribution in [0.1, 0.15) is 48.5 Å². The zero-order chi connectivity index (χ0) is 20.8. The van der Waals surface area contributed by atoms with E-state index in [1.807, 2.05) is 36.9 Å². The third-order valence-electron chi connectivity index (χ3n) is 5.13. The summed E-state index contributed by atoms with van der Waals surface area (Å²) in [5.74, 6) is 0.272. The molecule has 29 heavy (non-hydrogen) atoms. The molecule has 2 amide bonds. The molecule has 1 heterocycles. The molecule has 1 N–H and O–H groups in total. The number of likely N-dealkylation sites (tertiary alicyclic amines) is 1. The number of carbonyl (C=O) groups is 2. The van der Waals surface area contributed by atoms with E-state index in [9.17, 15) is 9.59 Å². The monoisotopic (exact) mass is 414 g/mol. The number of nitrogens with one attached hydrogen (secondary N) is 1. The second kappa shape index (κ2) is 9.79. The van der Waals surface area contributed by atoms with Crippen LogP contribution < -0.4 is 10.1 Å². The van der Waals surface area contributed by atoms with E-state index in [0.29, 0.717) is 28.4 Å². The van der Waals surface area contributed by atoms with Crippen LogP contribution in [-0.2, 0) is 4.79 Å². The Morgan fingerprint density at radius 1 is 1.14 bits per heavy atom. The maximum Gasteiger partial charge on any atom is 0.265 e. The normalized spacial score (nSPS) is 14.9. The molecule has 2 aromatic rings. The number of halogens is 1. The number of nitrogens with zero attached hydrogens (tertiary/aromatic N) is 1. The quantitative estimate of drug-likeness (QED) is 0.717. The number of piperidine rings is 1. The molecule has 1 fully saturated rings. The highest BCUT2D eigenvalue weighted by Crippen LogP contribution is 2.24. The fourth-order valence-corrected chi connectivity index (χ4v) is 3.55. The largest absolute Gasteiger partial charge is 0.481 e. The summed E-state index contributed by atoms with van der Waals surface area (Å²) >= 11 is 6.06. The van der Waals surface area contributed by atoms with Gasteiger partial charge in [0.05, 0.1) is 11.3 Å². The lowest BCUT2D eigenvalue weighted by atomic mass is 10.1. The van der Waals surface area contributed by atoms with Gasteiger partial charge in [-0.25, -0.2) is 0 Å². The standard InChI is InChI=1S/C23H27ClN2O3/c1-3-21(29-17-11-12-19(24)16(2)15-17)22(27)25-20-10-6-5-9-18(20)23(28)26-13-7-4-8-14-26/h5-6,9-12,15,21H,3-4,7-8,13-14H2,1-2H3,(H,25,27)/t21-/m1/s1. The van der Waals surface area contributed by atoms with Crippen molar-refractivity contribution in [3.8, 4) is 5.75 Å². The number of aryl methyl sites for hydroxylation is 1. The predicted molar refractivity (Wildman–Crippen MR) is 116 cm³/mol. The van der Waals surface area contributed by atoms with E-state index in [1.54, 1.807) is 24.3 Å². The molecule has 1 aliphatic heterocycles. The van der Waals surface area contributed by atoms with Gasteiger partial charge in [-0.2, -0.15) is 0 Å². The van der Waals surface area contributed by atoms with Gasteiger partial charge < -0.3 is 15.0 Å². The zero-order valence-corrected chi connectivity index (χ0v) is 17.7. The molecule has 0 aromatic heterocycles. The number of benzene rings is 2. The van der Waals surface area contributed by atoms with Crippen LogP contribution in [0.4, 0.5) is 5.69 Å². The Kier molecular flexibility index (Phi) is 7.15. The van der Waals surface area contributed by atoms with E-state index in [0.717, 1.165) is 37.9 Å². The van der Waals surface area contributed by atoms with E-state index < -0.39 is 6.10 Å². The van der Waals surface area contributed by atoms with Crippen molar-refractivity contribution in [2.24, 2.45) is 0 Å². The van der Waals surface area contributed by atoms with Crippen LogP contribution >= 0.6 is 11.6 Å². The van der Waals surface area contributed by atoms with Crippen molar-refractivity contribution in [1.82, 2.24) is 4.90 Å². The van der Waals surface area contributed by atoms with Crippen LogP contribution in [0.15, 0.2) is 42.5 Å². The lowest BCUT2D eigenvalue weighted by Gasteiger charge is -2.27. The number of hydrogen-bond donors (Lipinski definition) is 1. The van der Waals surface area contributed by atoms with Gasteiger partial charge in [0.25, 0.3) is 11.8 Å². The first-order valence-electron chi connectivity index (χ1n) is 10.1. The Morgan fingerprint density at radius 2 is 1.86 bits per heavy atom. The molecule has 3 rings (SSSR count). The molecule has 0 unspecified atom stereocenters. The first kappa shape index (κ1) is 21.2.